The van der Waals surface area contributed by atoms with Gasteiger partial charge in [-0.25, -0.2) is 0 Å². The Bertz CT molecular complexity index is 810. The van der Waals surface area contributed by atoms with Crippen LogP contribution in [0.4, 0.5) is 11.4 Å². The Balaban J connectivity index is 2.14. The summed E-state index contributed by atoms with van der Waals surface area (Å²) in [6, 6.07) is 10.3. The molecule has 0 aliphatic heterocycles. The molecule has 0 spiro atoms. The standard InChI is InChI=1S/C17H15ClN4O2/c1-11-3-5-14(10-20-11)21-9-12(8-19)17(23)22-15-7-13(18)4-6-16(15)24-2/h3-7,9-10,21H,1-2H3,(H,22,23)/b12-9-. The second kappa shape index (κ2) is 7.99. The summed E-state index contributed by atoms with van der Waals surface area (Å²) in [5.41, 5.74) is 1.82. The van der Waals surface area contributed by atoms with E-state index >= 15 is 0 Å². The van der Waals surface area contributed by atoms with Gasteiger partial charge in [0.2, 0.25) is 0 Å². The van der Waals surface area contributed by atoms with Gasteiger partial charge >= 0.3 is 0 Å². The van der Waals surface area contributed by atoms with Crippen LogP contribution in [0.5, 0.6) is 5.75 Å². The van der Waals surface area contributed by atoms with Gasteiger partial charge in [-0.05, 0) is 37.3 Å². The molecule has 0 atom stereocenters. The summed E-state index contributed by atoms with van der Waals surface area (Å²) in [4.78, 5) is 16.4. The summed E-state index contributed by atoms with van der Waals surface area (Å²) >= 11 is 5.92. The molecule has 122 valence electrons. The van der Waals surface area contributed by atoms with Crippen LogP contribution >= 0.6 is 11.6 Å². The number of hydrogen-bond acceptors (Lipinski definition) is 5. The lowest BCUT2D eigenvalue weighted by molar-refractivity contribution is -0.112. The summed E-state index contributed by atoms with van der Waals surface area (Å²) in [6.07, 6.45) is 2.93. The van der Waals surface area contributed by atoms with Crippen molar-refractivity contribution >= 4 is 28.9 Å². The predicted octanol–water partition coefficient (Wildman–Crippen LogP) is 3.51. The van der Waals surface area contributed by atoms with Gasteiger partial charge in [0.05, 0.1) is 24.7 Å². The fraction of sp³-hybridized carbons (Fsp3) is 0.118. The molecule has 0 unspecified atom stereocenters. The first kappa shape index (κ1) is 17.3. The molecule has 0 aliphatic carbocycles. The molecule has 7 heteroatoms. The number of hydrogen-bond donors (Lipinski definition) is 2. The number of carbonyl (C=O) groups is 1. The molecular weight excluding hydrogens is 328 g/mol. The van der Waals surface area contributed by atoms with Gasteiger partial charge in [0.15, 0.2) is 0 Å². The number of nitrogens with one attached hydrogen (secondary N) is 2. The average Bonchev–Trinajstić information content (AvgIpc) is 2.57. The second-order valence-corrected chi connectivity index (χ2v) is 5.24. The average molecular weight is 343 g/mol. The van der Waals surface area contributed by atoms with E-state index in [0.717, 1.165) is 5.69 Å². The monoisotopic (exact) mass is 342 g/mol. The molecule has 0 aliphatic rings. The number of anilines is 2. The summed E-state index contributed by atoms with van der Waals surface area (Å²) in [5.74, 6) is -0.133. The summed E-state index contributed by atoms with van der Waals surface area (Å²) in [7, 11) is 1.48. The highest BCUT2D eigenvalue weighted by Crippen LogP contribution is 2.28. The molecule has 0 saturated carbocycles. The van der Waals surface area contributed by atoms with Crippen LogP contribution in [0.15, 0.2) is 48.3 Å². The van der Waals surface area contributed by atoms with E-state index in [9.17, 15) is 10.1 Å². The third kappa shape index (κ3) is 4.48. The number of pyridine rings is 1. The van der Waals surface area contributed by atoms with Crippen LogP contribution in [0.3, 0.4) is 0 Å². The van der Waals surface area contributed by atoms with E-state index in [1.165, 1.54) is 13.3 Å². The van der Waals surface area contributed by atoms with Crippen molar-refractivity contribution in [2.24, 2.45) is 0 Å². The molecule has 1 aromatic carbocycles. The van der Waals surface area contributed by atoms with Crippen molar-refractivity contribution in [3.63, 3.8) is 0 Å². The predicted molar refractivity (Wildman–Crippen MR) is 92.9 cm³/mol. The zero-order valence-electron chi connectivity index (χ0n) is 13.1. The molecule has 2 aromatic rings. The van der Waals surface area contributed by atoms with E-state index in [4.69, 9.17) is 16.3 Å². The highest BCUT2D eigenvalue weighted by Gasteiger charge is 2.12. The molecule has 2 rings (SSSR count). The van der Waals surface area contributed by atoms with Crippen LogP contribution < -0.4 is 15.4 Å². The van der Waals surface area contributed by atoms with Crippen molar-refractivity contribution in [3.8, 4) is 11.8 Å². The van der Waals surface area contributed by atoms with Gasteiger partial charge in [0, 0.05) is 16.9 Å². The molecule has 1 aromatic heterocycles. The lowest BCUT2D eigenvalue weighted by Crippen LogP contribution is -2.15. The third-order valence-electron chi connectivity index (χ3n) is 3.07. The molecule has 0 fully saturated rings. The van der Waals surface area contributed by atoms with Crippen LogP contribution in [0, 0.1) is 18.3 Å². The number of halogens is 1. The maximum absolute atomic E-state index is 12.2. The first-order valence-electron chi connectivity index (χ1n) is 6.98. The Labute approximate surface area is 144 Å². The summed E-state index contributed by atoms with van der Waals surface area (Å²) < 4.78 is 5.16. The van der Waals surface area contributed by atoms with Crippen molar-refractivity contribution in [2.45, 2.75) is 6.92 Å². The zero-order chi connectivity index (χ0) is 17.5. The SMILES string of the molecule is COc1ccc(Cl)cc1NC(=O)/C(C#N)=C\Nc1ccc(C)nc1. The minimum atomic E-state index is -0.578. The first-order valence-corrected chi connectivity index (χ1v) is 7.35. The Kier molecular flexibility index (Phi) is 5.77. The summed E-state index contributed by atoms with van der Waals surface area (Å²) in [5, 5.41) is 15.1. The van der Waals surface area contributed by atoms with Crippen LogP contribution in [0.1, 0.15) is 5.69 Å². The van der Waals surface area contributed by atoms with Crippen molar-refractivity contribution in [1.82, 2.24) is 4.98 Å². The first-order chi connectivity index (χ1) is 11.5. The van der Waals surface area contributed by atoms with E-state index in [2.05, 4.69) is 15.6 Å². The highest BCUT2D eigenvalue weighted by atomic mass is 35.5. The lowest BCUT2D eigenvalue weighted by atomic mass is 10.2. The molecule has 1 amide bonds. The van der Waals surface area contributed by atoms with E-state index in [-0.39, 0.29) is 5.57 Å². The molecule has 24 heavy (non-hydrogen) atoms. The Morgan fingerprint density at radius 1 is 1.38 bits per heavy atom. The topological polar surface area (TPSA) is 87.0 Å². The van der Waals surface area contributed by atoms with Gasteiger partial charge in [-0.1, -0.05) is 11.6 Å². The fourth-order valence-electron chi connectivity index (χ4n) is 1.82. The summed E-state index contributed by atoms with van der Waals surface area (Å²) in [6.45, 7) is 1.87. The minimum absolute atomic E-state index is 0.0994. The molecule has 2 N–H and O–H groups in total. The fourth-order valence-corrected chi connectivity index (χ4v) is 2.00. The number of ether oxygens (including phenoxy) is 1. The van der Waals surface area contributed by atoms with Crippen LogP contribution in [0.2, 0.25) is 5.02 Å². The number of nitriles is 1. The van der Waals surface area contributed by atoms with Crippen molar-refractivity contribution < 1.29 is 9.53 Å². The third-order valence-corrected chi connectivity index (χ3v) is 3.30. The van der Waals surface area contributed by atoms with Gasteiger partial charge in [0.25, 0.3) is 5.91 Å². The number of carbonyl (C=O) groups excluding carboxylic acids is 1. The van der Waals surface area contributed by atoms with Gasteiger partial charge in [-0.15, -0.1) is 0 Å². The number of methoxy groups -OCH3 is 1. The number of benzene rings is 1. The van der Waals surface area contributed by atoms with Gasteiger partial charge in [-0.3, -0.25) is 9.78 Å². The smallest absolute Gasteiger partial charge is 0.267 e. The molecule has 0 bridgehead atoms. The highest BCUT2D eigenvalue weighted by molar-refractivity contribution is 6.31. The number of aryl methyl sites for hydroxylation is 1. The van der Waals surface area contributed by atoms with Gasteiger partial charge < -0.3 is 15.4 Å². The van der Waals surface area contributed by atoms with Gasteiger partial charge in [-0.2, -0.15) is 5.26 Å². The molecule has 6 nitrogen and oxygen atoms in total. The molecule has 1 heterocycles. The van der Waals surface area contributed by atoms with E-state index in [1.807, 2.05) is 19.1 Å². The van der Waals surface area contributed by atoms with Crippen LogP contribution in [-0.2, 0) is 4.79 Å². The van der Waals surface area contributed by atoms with E-state index in [1.54, 1.807) is 30.5 Å². The number of amides is 1. The van der Waals surface area contributed by atoms with E-state index in [0.29, 0.717) is 22.1 Å². The quantitative estimate of drug-likeness (QED) is 0.641. The Hall–Kier alpha value is -3.04. The number of aromatic nitrogens is 1. The molecule has 0 radical (unpaired) electrons. The van der Waals surface area contributed by atoms with Crippen LogP contribution in [0.25, 0.3) is 0 Å². The largest absolute Gasteiger partial charge is 0.495 e. The lowest BCUT2D eigenvalue weighted by Gasteiger charge is -2.10. The van der Waals surface area contributed by atoms with Crippen molar-refractivity contribution in [1.29, 1.82) is 5.26 Å². The maximum atomic E-state index is 12.2. The molecule has 0 saturated heterocycles. The van der Waals surface area contributed by atoms with Crippen molar-refractivity contribution in [3.05, 3.63) is 59.0 Å². The number of nitrogens with zero attached hydrogens (tertiary/aromatic N) is 2. The Morgan fingerprint density at radius 2 is 2.17 bits per heavy atom. The second-order valence-electron chi connectivity index (χ2n) is 4.80. The zero-order valence-corrected chi connectivity index (χ0v) is 13.9. The molecular formula is C17H15ClN4O2. The van der Waals surface area contributed by atoms with E-state index < -0.39 is 5.91 Å². The number of rotatable bonds is 5. The normalized spacial score (nSPS) is 10.7. The maximum Gasteiger partial charge on any atom is 0.267 e. The minimum Gasteiger partial charge on any atom is -0.495 e. The van der Waals surface area contributed by atoms with Gasteiger partial charge in [0.1, 0.15) is 17.4 Å². The Morgan fingerprint density at radius 3 is 2.79 bits per heavy atom. The van der Waals surface area contributed by atoms with Crippen LogP contribution in [-0.4, -0.2) is 18.0 Å². The van der Waals surface area contributed by atoms with Crippen molar-refractivity contribution in [2.75, 3.05) is 17.7 Å².